The Morgan fingerprint density at radius 1 is 1.47 bits per heavy atom. The standard InChI is InChI=1S/C14H21N3O2/c1-14(2,3)10-4-5-12(16-8-10)17-7-6-15-9-11(17)13(18)19/h4-5,8,11,15H,6-7,9H2,1-3H3,(H,18,19). The first-order chi connectivity index (χ1) is 8.89. The van der Waals surface area contributed by atoms with Crippen molar-refractivity contribution in [2.75, 3.05) is 24.5 Å². The van der Waals surface area contributed by atoms with Crippen LogP contribution in [0, 0.1) is 0 Å². The highest BCUT2D eigenvalue weighted by Gasteiger charge is 2.29. The smallest absolute Gasteiger partial charge is 0.327 e. The number of aromatic nitrogens is 1. The zero-order valence-electron chi connectivity index (χ0n) is 11.7. The van der Waals surface area contributed by atoms with Crippen LogP contribution >= 0.6 is 0 Å². The third kappa shape index (κ3) is 3.04. The van der Waals surface area contributed by atoms with E-state index in [-0.39, 0.29) is 5.41 Å². The molecule has 0 bridgehead atoms. The molecule has 1 atom stereocenters. The van der Waals surface area contributed by atoms with Crippen LogP contribution in [0.3, 0.4) is 0 Å². The van der Waals surface area contributed by atoms with Crippen LogP contribution in [-0.2, 0) is 10.2 Å². The van der Waals surface area contributed by atoms with E-state index in [1.165, 1.54) is 0 Å². The number of piperazine rings is 1. The van der Waals surface area contributed by atoms with E-state index >= 15 is 0 Å². The third-order valence-corrected chi connectivity index (χ3v) is 3.44. The summed E-state index contributed by atoms with van der Waals surface area (Å²) >= 11 is 0. The molecule has 1 aromatic rings. The summed E-state index contributed by atoms with van der Waals surface area (Å²) in [6, 6.07) is 3.41. The Morgan fingerprint density at radius 2 is 2.21 bits per heavy atom. The molecule has 5 nitrogen and oxygen atoms in total. The van der Waals surface area contributed by atoms with E-state index in [0.29, 0.717) is 13.1 Å². The average molecular weight is 263 g/mol. The van der Waals surface area contributed by atoms with Gasteiger partial charge in [-0.2, -0.15) is 0 Å². The highest BCUT2D eigenvalue weighted by molar-refractivity contribution is 5.78. The van der Waals surface area contributed by atoms with Gasteiger partial charge in [-0.1, -0.05) is 26.8 Å². The highest BCUT2D eigenvalue weighted by atomic mass is 16.4. The van der Waals surface area contributed by atoms with Gasteiger partial charge in [0.05, 0.1) is 0 Å². The number of carboxylic acids is 1. The Balaban J connectivity index is 2.23. The molecule has 1 aliphatic heterocycles. The Kier molecular flexibility index (Phi) is 3.75. The molecule has 1 aliphatic rings. The van der Waals surface area contributed by atoms with E-state index in [1.807, 2.05) is 23.2 Å². The van der Waals surface area contributed by atoms with Gasteiger partial charge in [0.15, 0.2) is 0 Å². The van der Waals surface area contributed by atoms with Gasteiger partial charge < -0.3 is 15.3 Å². The van der Waals surface area contributed by atoms with Gasteiger partial charge in [-0.25, -0.2) is 9.78 Å². The van der Waals surface area contributed by atoms with Crippen molar-refractivity contribution in [3.8, 4) is 0 Å². The summed E-state index contributed by atoms with van der Waals surface area (Å²) < 4.78 is 0. The fourth-order valence-electron chi connectivity index (χ4n) is 2.20. The minimum absolute atomic E-state index is 0.0567. The summed E-state index contributed by atoms with van der Waals surface area (Å²) in [6.45, 7) is 8.31. The number of carbonyl (C=O) groups is 1. The molecule has 2 heterocycles. The maximum atomic E-state index is 11.3. The highest BCUT2D eigenvalue weighted by Crippen LogP contribution is 2.24. The summed E-state index contributed by atoms with van der Waals surface area (Å²) in [5, 5.41) is 12.3. The first-order valence-electron chi connectivity index (χ1n) is 6.56. The topological polar surface area (TPSA) is 65.5 Å². The molecule has 19 heavy (non-hydrogen) atoms. The van der Waals surface area contributed by atoms with Crippen LogP contribution in [0.2, 0.25) is 0 Å². The maximum absolute atomic E-state index is 11.3. The van der Waals surface area contributed by atoms with E-state index in [9.17, 15) is 9.90 Å². The number of pyridine rings is 1. The molecule has 0 saturated carbocycles. The second-order valence-electron chi connectivity index (χ2n) is 5.91. The molecule has 0 amide bonds. The molecule has 104 valence electrons. The summed E-state index contributed by atoms with van der Waals surface area (Å²) in [6.07, 6.45) is 1.84. The molecule has 1 fully saturated rings. The molecule has 0 aromatic carbocycles. The van der Waals surface area contributed by atoms with Gasteiger partial charge in [0.2, 0.25) is 0 Å². The predicted molar refractivity (Wildman–Crippen MR) is 74.6 cm³/mol. The number of rotatable bonds is 2. The van der Waals surface area contributed by atoms with Crippen molar-refractivity contribution in [2.24, 2.45) is 0 Å². The number of hydrogen-bond acceptors (Lipinski definition) is 4. The molecule has 0 spiro atoms. The first-order valence-corrected chi connectivity index (χ1v) is 6.56. The lowest BCUT2D eigenvalue weighted by molar-refractivity contribution is -0.138. The number of aliphatic carboxylic acids is 1. The van der Waals surface area contributed by atoms with Crippen LogP contribution < -0.4 is 10.2 Å². The average Bonchev–Trinajstić information content (AvgIpc) is 2.38. The predicted octanol–water partition coefficient (Wildman–Crippen LogP) is 1.24. The van der Waals surface area contributed by atoms with Gasteiger partial charge in [-0.3, -0.25) is 0 Å². The number of nitrogens with zero attached hydrogens (tertiary/aromatic N) is 2. The van der Waals surface area contributed by atoms with Crippen molar-refractivity contribution in [3.63, 3.8) is 0 Å². The largest absolute Gasteiger partial charge is 0.480 e. The Hall–Kier alpha value is -1.62. The van der Waals surface area contributed by atoms with Crippen molar-refractivity contribution in [3.05, 3.63) is 23.9 Å². The van der Waals surface area contributed by atoms with Crippen molar-refractivity contribution in [2.45, 2.75) is 32.2 Å². The maximum Gasteiger partial charge on any atom is 0.327 e. The Labute approximate surface area is 113 Å². The lowest BCUT2D eigenvalue weighted by atomic mass is 9.88. The Morgan fingerprint density at radius 3 is 2.74 bits per heavy atom. The minimum Gasteiger partial charge on any atom is -0.480 e. The zero-order chi connectivity index (χ0) is 14.0. The fourth-order valence-corrected chi connectivity index (χ4v) is 2.20. The monoisotopic (exact) mass is 263 g/mol. The van der Waals surface area contributed by atoms with E-state index in [1.54, 1.807) is 0 Å². The van der Waals surface area contributed by atoms with Crippen molar-refractivity contribution in [1.29, 1.82) is 0 Å². The minimum atomic E-state index is -0.811. The van der Waals surface area contributed by atoms with E-state index < -0.39 is 12.0 Å². The fraction of sp³-hybridized carbons (Fsp3) is 0.571. The molecule has 2 rings (SSSR count). The van der Waals surface area contributed by atoms with E-state index in [0.717, 1.165) is 17.9 Å². The van der Waals surface area contributed by atoms with Gasteiger partial charge in [0.1, 0.15) is 11.9 Å². The molecule has 1 aromatic heterocycles. The van der Waals surface area contributed by atoms with E-state index in [2.05, 4.69) is 31.1 Å². The number of carboxylic acid groups (broad SMARTS) is 1. The van der Waals surface area contributed by atoms with Gasteiger partial charge in [-0.15, -0.1) is 0 Å². The van der Waals surface area contributed by atoms with Crippen LogP contribution in [0.5, 0.6) is 0 Å². The molecule has 0 radical (unpaired) electrons. The molecule has 1 unspecified atom stereocenters. The molecule has 1 saturated heterocycles. The second kappa shape index (κ2) is 5.17. The number of nitrogens with one attached hydrogen (secondary N) is 1. The van der Waals surface area contributed by atoms with Gasteiger partial charge in [0, 0.05) is 25.8 Å². The molecule has 5 heteroatoms. The van der Waals surface area contributed by atoms with Gasteiger partial charge in [0.25, 0.3) is 0 Å². The van der Waals surface area contributed by atoms with Crippen LogP contribution in [0.1, 0.15) is 26.3 Å². The normalized spacial score (nSPS) is 20.4. The van der Waals surface area contributed by atoms with Crippen molar-refractivity contribution < 1.29 is 9.90 Å². The van der Waals surface area contributed by atoms with Crippen LogP contribution in [0.4, 0.5) is 5.82 Å². The molecule has 0 aliphatic carbocycles. The van der Waals surface area contributed by atoms with Gasteiger partial charge >= 0.3 is 5.97 Å². The van der Waals surface area contributed by atoms with Gasteiger partial charge in [-0.05, 0) is 17.0 Å². The van der Waals surface area contributed by atoms with Crippen molar-refractivity contribution in [1.82, 2.24) is 10.3 Å². The van der Waals surface area contributed by atoms with Crippen LogP contribution in [-0.4, -0.2) is 41.7 Å². The summed E-state index contributed by atoms with van der Waals surface area (Å²) in [4.78, 5) is 17.5. The zero-order valence-corrected chi connectivity index (χ0v) is 11.7. The van der Waals surface area contributed by atoms with Crippen LogP contribution in [0.15, 0.2) is 18.3 Å². The summed E-state index contributed by atoms with van der Waals surface area (Å²) in [7, 11) is 0. The lowest BCUT2D eigenvalue weighted by Gasteiger charge is -2.34. The number of hydrogen-bond donors (Lipinski definition) is 2. The van der Waals surface area contributed by atoms with Crippen LogP contribution in [0.25, 0.3) is 0 Å². The number of anilines is 1. The van der Waals surface area contributed by atoms with E-state index in [4.69, 9.17) is 0 Å². The quantitative estimate of drug-likeness (QED) is 0.840. The second-order valence-corrected chi connectivity index (χ2v) is 5.91. The lowest BCUT2D eigenvalue weighted by Crippen LogP contribution is -2.55. The summed E-state index contributed by atoms with van der Waals surface area (Å²) in [5.74, 6) is -0.0733. The van der Waals surface area contributed by atoms with Crippen molar-refractivity contribution >= 4 is 11.8 Å². The molecular weight excluding hydrogens is 242 g/mol. The SMILES string of the molecule is CC(C)(C)c1ccc(N2CCNCC2C(=O)O)nc1. The molecular formula is C14H21N3O2. The Bertz CT molecular complexity index is 451. The third-order valence-electron chi connectivity index (χ3n) is 3.44. The first kappa shape index (κ1) is 13.8. The molecule has 2 N–H and O–H groups in total. The summed E-state index contributed by atoms with van der Waals surface area (Å²) in [5.41, 5.74) is 1.21.